The smallest absolute Gasteiger partial charge is 0.408 e. The Labute approximate surface area is 153 Å². The number of nitrogens with one attached hydrogen (secondary N) is 2. The molecule has 0 aliphatic rings. The molecule has 2 N–H and O–H groups in total. The van der Waals surface area contributed by atoms with Gasteiger partial charge in [-0.25, -0.2) is 14.8 Å². The van der Waals surface area contributed by atoms with Crippen LogP contribution in [0.25, 0.3) is 0 Å². The number of hydrogen-bond acceptors (Lipinski definition) is 3. The van der Waals surface area contributed by atoms with Gasteiger partial charge in [-0.15, -0.1) is 0 Å². The van der Waals surface area contributed by atoms with E-state index in [1.807, 2.05) is 52.0 Å². The summed E-state index contributed by atoms with van der Waals surface area (Å²) >= 11 is 5.44. The molecule has 0 heterocycles. The van der Waals surface area contributed by atoms with Gasteiger partial charge in [-0.2, -0.15) is 0 Å². The molecule has 6 heteroatoms. The number of ether oxygens (including phenoxy) is 1. The Morgan fingerprint density at radius 2 is 1.75 bits per heavy atom. The van der Waals surface area contributed by atoms with E-state index in [0.29, 0.717) is 0 Å². The number of benzene rings is 1. The van der Waals surface area contributed by atoms with Crippen LogP contribution in [0.2, 0.25) is 0 Å². The molecule has 1 amide bonds. The highest BCUT2D eigenvalue weighted by Crippen LogP contribution is 2.32. The molecule has 0 aliphatic heterocycles. The molecule has 0 saturated carbocycles. The second-order valence-corrected chi connectivity index (χ2v) is 12.6. The van der Waals surface area contributed by atoms with Crippen molar-refractivity contribution in [2.24, 2.45) is 0 Å². The van der Waals surface area contributed by atoms with Crippen molar-refractivity contribution in [1.29, 1.82) is 0 Å². The standard InChI is InChI=1S/C18H30N2O2S2/c1-13(20-17(21)22-18(2,3)4)14-8-10-15(11-9-14)16(23)19-12-24(5,6)7/h8-11,13H,12H2,1-7H3,(H,19,23)(H,20,21)/t13-/m0/s1. The molecule has 0 aliphatic carbocycles. The summed E-state index contributed by atoms with van der Waals surface area (Å²) in [4.78, 5) is 12.6. The molecule has 0 spiro atoms. The van der Waals surface area contributed by atoms with Crippen LogP contribution < -0.4 is 10.6 Å². The summed E-state index contributed by atoms with van der Waals surface area (Å²) in [5, 5.41) is 6.16. The summed E-state index contributed by atoms with van der Waals surface area (Å²) in [6.07, 6.45) is 6.32. The molecule has 4 nitrogen and oxygen atoms in total. The highest BCUT2D eigenvalue weighted by molar-refractivity contribution is 8.32. The average Bonchev–Trinajstić information content (AvgIpc) is 2.42. The first-order valence-corrected chi connectivity index (χ1v) is 11.3. The maximum atomic E-state index is 11.8. The molecule has 0 aromatic heterocycles. The van der Waals surface area contributed by atoms with E-state index in [2.05, 4.69) is 29.4 Å². The lowest BCUT2D eigenvalue weighted by molar-refractivity contribution is 0.0508. The van der Waals surface area contributed by atoms with Crippen molar-refractivity contribution >= 4 is 33.3 Å². The fourth-order valence-electron chi connectivity index (χ4n) is 1.87. The van der Waals surface area contributed by atoms with Crippen molar-refractivity contribution < 1.29 is 9.53 Å². The average molecular weight is 371 g/mol. The van der Waals surface area contributed by atoms with Gasteiger partial charge in [-0.3, -0.25) is 0 Å². The minimum atomic E-state index is -0.637. The van der Waals surface area contributed by atoms with E-state index in [9.17, 15) is 4.79 Å². The van der Waals surface area contributed by atoms with Crippen molar-refractivity contribution in [3.63, 3.8) is 0 Å². The van der Waals surface area contributed by atoms with Crippen LogP contribution in [-0.4, -0.2) is 41.3 Å². The van der Waals surface area contributed by atoms with Crippen LogP contribution in [0.3, 0.4) is 0 Å². The van der Waals surface area contributed by atoms with Gasteiger partial charge in [0.2, 0.25) is 0 Å². The van der Waals surface area contributed by atoms with Crippen LogP contribution in [0.4, 0.5) is 4.79 Å². The third kappa shape index (κ3) is 8.02. The molecule has 24 heavy (non-hydrogen) atoms. The third-order valence-electron chi connectivity index (χ3n) is 3.07. The Morgan fingerprint density at radius 3 is 2.21 bits per heavy atom. The highest BCUT2D eigenvalue weighted by atomic mass is 32.3. The predicted molar refractivity (Wildman–Crippen MR) is 109 cm³/mol. The van der Waals surface area contributed by atoms with Gasteiger partial charge in [-0.1, -0.05) is 36.5 Å². The lowest BCUT2D eigenvalue weighted by Gasteiger charge is -2.26. The zero-order valence-electron chi connectivity index (χ0n) is 15.7. The van der Waals surface area contributed by atoms with E-state index in [-0.39, 0.29) is 6.04 Å². The molecule has 136 valence electrons. The summed E-state index contributed by atoms with van der Waals surface area (Å²) in [7, 11) is -0.637. The van der Waals surface area contributed by atoms with E-state index in [1.54, 1.807) is 0 Å². The maximum Gasteiger partial charge on any atom is 0.408 e. The molecular formula is C18H30N2O2S2. The van der Waals surface area contributed by atoms with Gasteiger partial charge in [0.05, 0.1) is 6.04 Å². The SMILES string of the molecule is C[C@H](NC(=O)OC(C)(C)C)c1ccc(C(=S)NCS(C)(C)C)cc1. The molecule has 0 bridgehead atoms. The number of carbonyl (C=O) groups is 1. The lowest BCUT2D eigenvalue weighted by atomic mass is 10.1. The van der Waals surface area contributed by atoms with E-state index >= 15 is 0 Å². The first kappa shape index (κ1) is 20.8. The zero-order chi connectivity index (χ0) is 18.5. The van der Waals surface area contributed by atoms with Crippen molar-refractivity contribution in [2.45, 2.75) is 39.3 Å². The molecule has 0 saturated heterocycles. The van der Waals surface area contributed by atoms with Gasteiger partial charge in [0.1, 0.15) is 10.6 Å². The Morgan fingerprint density at radius 1 is 1.21 bits per heavy atom. The fraction of sp³-hybridized carbons (Fsp3) is 0.556. The summed E-state index contributed by atoms with van der Waals surface area (Å²) < 4.78 is 5.28. The second kappa shape index (κ2) is 8.21. The van der Waals surface area contributed by atoms with Crippen LogP contribution >= 0.6 is 22.2 Å². The summed E-state index contributed by atoms with van der Waals surface area (Å²) in [5.74, 6) is 0.907. The van der Waals surface area contributed by atoms with E-state index < -0.39 is 21.7 Å². The van der Waals surface area contributed by atoms with Crippen LogP contribution in [0.15, 0.2) is 24.3 Å². The summed E-state index contributed by atoms with van der Waals surface area (Å²) in [5.41, 5.74) is 1.50. The third-order valence-corrected chi connectivity index (χ3v) is 4.46. The molecule has 1 aromatic carbocycles. The number of rotatable bonds is 5. The number of carbonyl (C=O) groups excluding carboxylic acids is 1. The molecule has 1 aromatic rings. The number of amides is 1. The van der Waals surface area contributed by atoms with E-state index in [4.69, 9.17) is 17.0 Å². The van der Waals surface area contributed by atoms with Crippen molar-refractivity contribution in [1.82, 2.24) is 10.6 Å². The molecule has 0 unspecified atom stereocenters. The van der Waals surface area contributed by atoms with Crippen LogP contribution in [0.1, 0.15) is 44.9 Å². The van der Waals surface area contributed by atoms with Crippen LogP contribution in [0.5, 0.6) is 0 Å². The largest absolute Gasteiger partial charge is 0.444 e. The van der Waals surface area contributed by atoms with Gasteiger partial charge in [-0.05, 0) is 52.0 Å². The Kier molecular flexibility index (Phi) is 7.10. The zero-order valence-corrected chi connectivity index (χ0v) is 17.4. The quantitative estimate of drug-likeness (QED) is 0.763. The predicted octanol–water partition coefficient (Wildman–Crippen LogP) is 4.19. The molecule has 0 radical (unpaired) electrons. The van der Waals surface area contributed by atoms with Gasteiger partial charge in [0.25, 0.3) is 0 Å². The maximum absolute atomic E-state index is 11.8. The van der Waals surface area contributed by atoms with Crippen LogP contribution in [-0.2, 0) is 4.74 Å². The number of alkyl carbamates (subject to hydrolysis) is 1. The number of hydrogen-bond donors (Lipinski definition) is 2. The van der Waals surface area contributed by atoms with Gasteiger partial charge in [0, 0.05) is 11.4 Å². The Bertz CT molecular complexity index is 572. The highest BCUT2D eigenvalue weighted by Gasteiger charge is 2.18. The van der Waals surface area contributed by atoms with Crippen molar-refractivity contribution in [2.75, 3.05) is 24.6 Å². The first-order chi connectivity index (χ1) is 10.9. The number of thiocarbonyl (C=S) groups is 1. The summed E-state index contributed by atoms with van der Waals surface area (Å²) in [6, 6.07) is 7.80. The van der Waals surface area contributed by atoms with Crippen LogP contribution in [0, 0.1) is 0 Å². The molecule has 0 fully saturated rings. The van der Waals surface area contributed by atoms with Gasteiger partial charge >= 0.3 is 6.09 Å². The van der Waals surface area contributed by atoms with Crippen molar-refractivity contribution in [3.05, 3.63) is 35.4 Å². The van der Waals surface area contributed by atoms with Gasteiger partial charge in [0.15, 0.2) is 0 Å². The monoisotopic (exact) mass is 370 g/mol. The van der Waals surface area contributed by atoms with E-state index in [0.717, 1.165) is 22.0 Å². The second-order valence-electron chi connectivity index (χ2n) is 7.73. The minimum Gasteiger partial charge on any atom is -0.444 e. The minimum absolute atomic E-state index is 0.130. The molecule has 1 rings (SSSR count). The Hall–Kier alpha value is -1.27. The normalized spacial score (nSPS) is 13.8. The van der Waals surface area contributed by atoms with Gasteiger partial charge < -0.3 is 15.4 Å². The molecular weight excluding hydrogens is 340 g/mol. The first-order valence-electron chi connectivity index (χ1n) is 7.91. The topological polar surface area (TPSA) is 50.4 Å². The van der Waals surface area contributed by atoms with Crippen molar-refractivity contribution in [3.8, 4) is 0 Å². The summed E-state index contributed by atoms with van der Waals surface area (Å²) in [6.45, 7) is 7.47. The molecule has 1 atom stereocenters. The lowest BCUT2D eigenvalue weighted by Crippen LogP contribution is -2.34. The fourth-order valence-corrected chi connectivity index (χ4v) is 2.75. The van der Waals surface area contributed by atoms with E-state index in [1.165, 1.54) is 0 Å². The Balaban J connectivity index is 2.63.